The van der Waals surface area contributed by atoms with Gasteiger partial charge in [0.15, 0.2) is 8.32 Å². The van der Waals surface area contributed by atoms with Crippen LogP contribution in [0.5, 0.6) is 0 Å². The van der Waals surface area contributed by atoms with Crippen molar-refractivity contribution < 1.29 is 22.4 Å². The van der Waals surface area contributed by atoms with E-state index in [1.807, 2.05) is 19.2 Å². The third-order valence-corrected chi connectivity index (χ3v) is 11.0. The van der Waals surface area contributed by atoms with E-state index < -0.39 is 36.9 Å². The largest absolute Gasteiger partial charge is 0.450 e. The second kappa shape index (κ2) is 9.96. The van der Waals surface area contributed by atoms with Crippen molar-refractivity contribution in [2.24, 2.45) is 5.92 Å². The normalized spacial score (nSPS) is 16.5. The van der Waals surface area contributed by atoms with Crippen molar-refractivity contribution in [2.75, 3.05) is 6.61 Å². The molecule has 1 aromatic rings. The fraction of sp³-hybridized carbons (Fsp3) is 0.650. The summed E-state index contributed by atoms with van der Waals surface area (Å²) in [6, 6.07) is 9.02. The average Bonchev–Trinajstić information content (AvgIpc) is 2.58. The molecular formula is C20H29Cl2F3O2Si. The number of hydrogen-bond acceptors (Lipinski definition) is 2. The van der Waals surface area contributed by atoms with Crippen LogP contribution in [0.1, 0.15) is 32.8 Å². The quantitative estimate of drug-likeness (QED) is 0.308. The van der Waals surface area contributed by atoms with E-state index in [2.05, 4.69) is 20.8 Å². The van der Waals surface area contributed by atoms with Gasteiger partial charge in [-0.1, -0.05) is 51.1 Å². The topological polar surface area (TPSA) is 26.3 Å². The molecule has 2 nitrogen and oxygen atoms in total. The van der Waals surface area contributed by atoms with Crippen molar-refractivity contribution in [1.82, 2.24) is 0 Å². The van der Waals surface area contributed by atoms with Crippen LogP contribution in [0.15, 0.2) is 30.3 Å². The molecule has 28 heavy (non-hydrogen) atoms. The second-order valence-electron chi connectivity index (χ2n) is 8.52. The van der Waals surface area contributed by atoms with Gasteiger partial charge in [0.1, 0.15) is 0 Å². The molecular weight excluding hydrogens is 428 g/mol. The molecule has 0 aliphatic carbocycles. The number of rotatable bonds is 9. The van der Waals surface area contributed by atoms with E-state index in [1.54, 1.807) is 24.3 Å². The van der Waals surface area contributed by atoms with Crippen LogP contribution in [0.4, 0.5) is 13.2 Å². The Morgan fingerprint density at radius 2 is 1.64 bits per heavy atom. The van der Waals surface area contributed by atoms with E-state index in [1.165, 1.54) is 0 Å². The fourth-order valence-corrected chi connectivity index (χ4v) is 4.15. The van der Waals surface area contributed by atoms with Gasteiger partial charge in [0.05, 0.1) is 17.4 Å². The van der Waals surface area contributed by atoms with E-state index >= 15 is 0 Å². The fourth-order valence-electron chi connectivity index (χ4n) is 2.46. The molecule has 0 N–H and O–H groups in total. The molecule has 1 rings (SSSR count). The summed E-state index contributed by atoms with van der Waals surface area (Å²) in [7, 11) is -2.13. The Labute approximate surface area is 176 Å². The third kappa shape index (κ3) is 7.36. The zero-order valence-corrected chi connectivity index (χ0v) is 19.5. The van der Waals surface area contributed by atoms with Gasteiger partial charge in [0.2, 0.25) is 5.78 Å². The van der Waals surface area contributed by atoms with E-state index in [9.17, 15) is 18.0 Å². The maximum absolute atomic E-state index is 13.1. The SMILES string of the molecule is CC(C)(C)[Si](C)(C)OC[C@H](Cl)[C@@H](Cl)[C@H](CCc1ccccc1)C(=O)C(F)(F)F. The highest BCUT2D eigenvalue weighted by molar-refractivity contribution is 6.74. The van der Waals surface area contributed by atoms with Crippen molar-refractivity contribution >= 4 is 37.3 Å². The van der Waals surface area contributed by atoms with Crippen LogP contribution in [0.25, 0.3) is 0 Å². The summed E-state index contributed by atoms with van der Waals surface area (Å²) in [6.45, 7) is 10.2. The van der Waals surface area contributed by atoms with Crippen LogP contribution in [-0.2, 0) is 15.6 Å². The number of hydrogen-bond donors (Lipinski definition) is 0. The number of benzene rings is 1. The van der Waals surface area contributed by atoms with Crippen molar-refractivity contribution in [3.63, 3.8) is 0 Å². The molecule has 0 fully saturated rings. The molecule has 0 bridgehead atoms. The lowest BCUT2D eigenvalue weighted by molar-refractivity contribution is -0.175. The van der Waals surface area contributed by atoms with Gasteiger partial charge < -0.3 is 4.43 Å². The van der Waals surface area contributed by atoms with Gasteiger partial charge in [-0.25, -0.2) is 0 Å². The Kier molecular flexibility index (Phi) is 9.06. The summed E-state index contributed by atoms with van der Waals surface area (Å²) in [5.74, 6) is -3.26. The molecule has 1 aromatic carbocycles. The highest BCUT2D eigenvalue weighted by Gasteiger charge is 2.47. The molecule has 0 spiro atoms. The maximum Gasteiger partial charge on any atom is 0.450 e. The highest BCUT2D eigenvalue weighted by atomic mass is 35.5. The van der Waals surface area contributed by atoms with Gasteiger partial charge in [0, 0.05) is 5.92 Å². The second-order valence-corrected chi connectivity index (χ2v) is 14.4. The highest BCUT2D eigenvalue weighted by Crippen LogP contribution is 2.38. The predicted molar refractivity (Wildman–Crippen MR) is 112 cm³/mol. The minimum Gasteiger partial charge on any atom is -0.415 e. The Bertz CT molecular complexity index is 631. The summed E-state index contributed by atoms with van der Waals surface area (Å²) in [4.78, 5) is 12.0. The van der Waals surface area contributed by atoms with Gasteiger partial charge in [-0.2, -0.15) is 13.2 Å². The summed E-state index contributed by atoms with van der Waals surface area (Å²) in [5.41, 5.74) is 0.843. The summed E-state index contributed by atoms with van der Waals surface area (Å²) in [5, 5.41) is -2.15. The van der Waals surface area contributed by atoms with Crippen LogP contribution >= 0.6 is 23.2 Å². The molecule has 0 aliphatic heterocycles. The number of carbonyl (C=O) groups excluding carboxylic acids is 1. The number of ketones is 1. The third-order valence-electron chi connectivity index (χ3n) is 5.34. The molecule has 0 unspecified atom stereocenters. The van der Waals surface area contributed by atoms with Crippen LogP contribution in [-0.4, -0.2) is 37.6 Å². The number of halogens is 5. The minimum atomic E-state index is -4.95. The number of carbonyl (C=O) groups is 1. The molecule has 0 saturated carbocycles. The van der Waals surface area contributed by atoms with E-state index in [0.29, 0.717) is 6.42 Å². The van der Waals surface area contributed by atoms with Crippen molar-refractivity contribution in [1.29, 1.82) is 0 Å². The van der Waals surface area contributed by atoms with E-state index in [0.717, 1.165) is 5.56 Å². The smallest absolute Gasteiger partial charge is 0.415 e. The summed E-state index contributed by atoms with van der Waals surface area (Å²) in [6.07, 6.45) is -4.67. The molecule has 160 valence electrons. The van der Waals surface area contributed by atoms with E-state index in [-0.39, 0.29) is 18.1 Å². The zero-order valence-electron chi connectivity index (χ0n) is 16.9. The molecule has 3 atom stereocenters. The Morgan fingerprint density at radius 1 is 1.11 bits per heavy atom. The molecule has 0 heterocycles. The minimum absolute atomic E-state index is 0.0131. The molecule has 0 aliphatic rings. The lowest BCUT2D eigenvalue weighted by Gasteiger charge is -2.37. The van der Waals surface area contributed by atoms with Crippen molar-refractivity contribution in [3.05, 3.63) is 35.9 Å². The monoisotopic (exact) mass is 456 g/mol. The number of aryl methyl sites for hydroxylation is 1. The Morgan fingerprint density at radius 3 is 2.11 bits per heavy atom. The first-order valence-corrected chi connectivity index (χ1v) is 13.0. The first kappa shape index (κ1) is 25.5. The van der Waals surface area contributed by atoms with Crippen molar-refractivity contribution in [2.45, 2.75) is 68.7 Å². The molecule has 8 heteroatoms. The zero-order chi connectivity index (χ0) is 21.8. The summed E-state index contributed by atoms with van der Waals surface area (Å²) < 4.78 is 45.3. The van der Waals surface area contributed by atoms with Crippen LogP contribution in [0.2, 0.25) is 18.1 Å². The van der Waals surface area contributed by atoms with Gasteiger partial charge in [-0.15, -0.1) is 23.2 Å². The number of alkyl halides is 5. The summed E-state index contributed by atoms with van der Waals surface area (Å²) >= 11 is 12.6. The Balaban J connectivity index is 2.88. The van der Waals surface area contributed by atoms with Crippen LogP contribution in [0.3, 0.4) is 0 Å². The van der Waals surface area contributed by atoms with Gasteiger partial charge >= 0.3 is 6.18 Å². The molecule has 0 amide bonds. The molecule has 0 saturated heterocycles. The standard InChI is InChI=1S/C20H29Cl2F3O2Si/c1-19(2,3)28(4,5)27-13-16(21)17(22)15(18(26)20(23,24)25)12-11-14-9-7-6-8-10-14/h6-10,15-17H,11-13H2,1-5H3/t15-,16-,17-/m0/s1. The first-order chi connectivity index (χ1) is 12.7. The maximum atomic E-state index is 13.1. The van der Waals surface area contributed by atoms with Crippen molar-refractivity contribution in [3.8, 4) is 0 Å². The van der Waals surface area contributed by atoms with E-state index in [4.69, 9.17) is 27.6 Å². The lowest BCUT2D eigenvalue weighted by atomic mass is 9.90. The average molecular weight is 457 g/mol. The van der Waals surface area contributed by atoms with Gasteiger partial charge in [0.25, 0.3) is 0 Å². The predicted octanol–water partition coefficient (Wildman–Crippen LogP) is 6.60. The molecule has 0 aromatic heterocycles. The van der Waals surface area contributed by atoms with Crippen LogP contribution < -0.4 is 0 Å². The lowest BCUT2D eigenvalue weighted by Crippen LogP contribution is -2.45. The van der Waals surface area contributed by atoms with Gasteiger partial charge in [-0.3, -0.25) is 4.79 Å². The Hall–Kier alpha value is -0.563. The van der Waals surface area contributed by atoms with Gasteiger partial charge in [-0.05, 0) is 36.5 Å². The molecule has 0 radical (unpaired) electrons. The van der Waals surface area contributed by atoms with Crippen LogP contribution in [0, 0.1) is 5.92 Å². The number of Topliss-reactive ketones (excluding diaryl/α,β-unsaturated/α-hetero) is 1. The first-order valence-electron chi connectivity index (χ1n) is 9.24.